The Balaban J connectivity index is 2.56. The van der Waals surface area contributed by atoms with Gasteiger partial charge in [-0.3, -0.25) is 0 Å². The quantitative estimate of drug-likeness (QED) is 0.649. The van der Waals surface area contributed by atoms with Crippen molar-refractivity contribution in [2.24, 2.45) is 0 Å². The van der Waals surface area contributed by atoms with Crippen molar-refractivity contribution in [2.75, 3.05) is 7.11 Å². The topological polar surface area (TPSA) is 47.0 Å². The van der Waals surface area contributed by atoms with Crippen LogP contribution in [0.25, 0.3) is 0 Å². The SMILES string of the molecule is CC[C@H](c1ccc(Cl)c(Cl)c1)n1c(C(=O)OC)c[nH]c1=S. The zero-order chi connectivity index (χ0) is 15.6. The molecule has 2 rings (SSSR count). The maximum absolute atomic E-state index is 11.9. The molecule has 0 radical (unpaired) electrons. The number of aromatic nitrogens is 2. The Morgan fingerprint density at radius 2 is 2.14 bits per heavy atom. The lowest BCUT2D eigenvalue weighted by Gasteiger charge is -2.20. The molecule has 0 fully saturated rings. The summed E-state index contributed by atoms with van der Waals surface area (Å²) in [5, 5.41) is 0.954. The first-order chi connectivity index (χ1) is 9.99. The number of H-pyrrole nitrogens is 1. The molecule has 0 bridgehead atoms. The third kappa shape index (κ3) is 3.15. The van der Waals surface area contributed by atoms with E-state index in [-0.39, 0.29) is 6.04 Å². The van der Waals surface area contributed by atoms with Gasteiger partial charge in [-0.1, -0.05) is 36.2 Å². The van der Waals surface area contributed by atoms with Gasteiger partial charge in [-0.15, -0.1) is 0 Å². The van der Waals surface area contributed by atoms with E-state index in [9.17, 15) is 4.79 Å². The predicted octanol–water partition coefficient (Wildman–Crippen LogP) is 4.64. The van der Waals surface area contributed by atoms with Crippen LogP contribution in [0, 0.1) is 4.77 Å². The highest BCUT2D eigenvalue weighted by atomic mass is 35.5. The lowest BCUT2D eigenvalue weighted by Crippen LogP contribution is -2.17. The molecule has 0 aliphatic rings. The Morgan fingerprint density at radius 3 is 2.71 bits per heavy atom. The van der Waals surface area contributed by atoms with Gasteiger partial charge in [-0.25, -0.2) is 4.79 Å². The Labute approximate surface area is 137 Å². The first-order valence-corrected chi connectivity index (χ1v) is 7.49. The van der Waals surface area contributed by atoms with Crippen LogP contribution < -0.4 is 0 Å². The smallest absolute Gasteiger partial charge is 0.356 e. The standard InChI is InChI=1S/C14H14Cl2N2O2S/c1-3-11(8-4-5-9(15)10(16)6-8)18-12(13(19)20-2)7-17-14(18)21/h4-7,11H,3H2,1-2H3,(H,17,21)/t11-/m1/s1. The second-order valence-corrected chi connectivity index (χ2v) is 5.64. The second kappa shape index (κ2) is 6.64. The van der Waals surface area contributed by atoms with Crippen molar-refractivity contribution in [3.8, 4) is 0 Å². The van der Waals surface area contributed by atoms with Gasteiger partial charge in [0, 0.05) is 6.20 Å². The van der Waals surface area contributed by atoms with E-state index in [0.717, 1.165) is 12.0 Å². The lowest BCUT2D eigenvalue weighted by atomic mass is 10.0. The highest BCUT2D eigenvalue weighted by Gasteiger charge is 2.21. The number of nitrogens with zero attached hydrogens (tertiary/aromatic N) is 1. The maximum atomic E-state index is 11.9. The summed E-state index contributed by atoms with van der Waals surface area (Å²) in [5.74, 6) is -0.444. The molecular formula is C14H14Cl2N2O2S. The maximum Gasteiger partial charge on any atom is 0.356 e. The molecule has 1 aromatic carbocycles. The number of esters is 1. The third-order valence-electron chi connectivity index (χ3n) is 3.23. The molecule has 2 aromatic rings. The summed E-state index contributed by atoms with van der Waals surface area (Å²) in [6.07, 6.45) is 2.28. The number of rotatable bonds is 4. The molecule has 0 saturated heterocycles. The summed E-state index contributed by atoms with van der Waals surface area (Å²) in [6, 6.07) is 5.26. The predicted molar refractivity (Wildman–Crippen MR) is 85.8 cm³/mol. The minimum atomic E-state index is -0.444. The number of carbonyl (C=O) groups is 1. The monoisotopic (exact) mass is 344 g/mol. The first kappa shape index (κ1) is 16.1. The summed E-state index contributed by atoms with van der Waals surface area (Å²) in [4.78, 5) is 14.7. The van der Waals surface area contributed by atoms with Crippen LogP contribution in [-0.4, -0.2) is 22.6 Å². The van der Waals surface area contributed by atoms with E-state index < -0.39 is 5.97 Å². The third-order valence-corrected chi connectivity index (χ3v) is 4.29. The highest BCUT2D eigenvalue weighted by Crippen LogP contribution is 2.30. The zero-order valence-electron chi connectivity index (χ0n) is 11.5. The molecule has 0 spiro atoms. The van der Waals surface area contributed by atoms with Crippen molar-refractivity contribution in [1.29, 1.82) is 0 Å². The van der Waals surface area contributed by atoms with Crippen molar-refractivity contribution in [3.05, 3.63) is 50.5 Å². The summed E-state index contributed by atoms with van der Waals surface area (Å²) in [6.45, 7) is 2.00. The molecule has 4 nitrogen and oxygen atoms in total. The molecule has 0 saturated carbocycles. The van der Waals surface area contributed by atoms with Gasteiger partial charge in [-0.2, -0.15) is 0 Å². The average Bonchev–Trinajstić information content (AvgIpc) is 2.85. The van der Waals surface area contributed by atoms with Crippen LogP contribution in [0.4, 0.5) is 0 Å². The Morgan fingerprint density at radius 1 is 1.43 bits per heavy atom. The minimum absolute atomic E-state index is 0.132. The first-order valence-electron chi connectivity index (χ1n) is 6.32. The number of hydrogen-bond donors (Lipinski definition) is 1. The fourth-order valence-electron chi connectivity index (χ4n) is 2.24. The van der Waals surface area contributed by atoms with Crippen LogP contribution in [0.2, 0.25) is 10.0 Å². The molecule has 0 aliphatic carbocycles. The van der Waals surface area contributed by atoms with Crippen molar-refractivity contribution in [1.82, 2.24) is 9.55 Å². The molecule has 7 heteroatoms. The van der Waals surface area contributed by atoms with Gasteiger partial charge in [0.05, 0.1) is 23.2 Å². The van der Waals surface area contributed by atoms with Gasteiger partial charge < -0.3 is 14.3 Å². The van der Waals surface area contributed by atoms with Crippen LogP contribution in [-0.2, 0) is 4.74 Å². The molecule has 0 aliphatic heterocycles. The van der Waals surface area contributed by atoms with Crippen molar-refractivity contribution in [3.63, 3.8) is 0 Å². The van der Waals surface area contributed by atoms with E-state index in [1.54, 1.807) is 22.9 Å². The normalized spacial score (nSPS) is 12.2. The van der Waals surface area contributed by atoms with Gasteiger partial charge >= 0.3 is 5.97 Å². The van der Waals surface area contributed by atoms with E-state index in [4.69, 9.17) is 40.2 Å². The molecule has 1 N–H and O–H groups in total. The van der Waals surface area contributed by atoms with Gasteiger partial charge in [-0.05, 0) is 36.3 Å². The molecule has 1 heterocycles. The average molecular weight is 345 g/mol. The summed E-state index contributed by atoms with van der Waals surface area (Å²) in [7, 11) is 1.34. The number of ether oxygens (including phenoxy) is 1. The summed E-state index contributed by atoms with van der Waals surface area (Å²) in [5.41, 5.74) is 1.30. The Bertz CT molecular complexity index is 724. The Hall–Kier alpha value is -1.30. The summed E-state index contributed by atoms with van der Waals surface area (Å²) < 4.78 is 6.98. The molecule has 0 amide bonds. The number of halogens is 2. The fraction of sp³-hybridized carbons (Fsp3) is 0.286. The zero-order valence-corrected chi connectivity index (χ0v) is 13.9. The fourth-order valence-corrected chi connectivity index (χ4v) is 2.83. The van der Waals surface area contributed by atoms with Gasteiger partial charge in [0.15, 0.2) is 4.77 Å². The van der Waals surface area contributed by atoms with Crippen LogP contribution >= 0.6 is 35.4 Å². The van der Waals surface area contributed by atoms with Gasteiger partial charge in [0.25, 0.3) is 0 Å². The molecule has 1 atom stereocenters. The largest absolute Gasteiger partial charge is 0.464 e. The number of nitrogens with one attached hydrogen (secondary N) is 1. The number of carbonyl (C=O) groups excluding carboxylic acids is 1. The lowest BCUT2D eigenvalue weighted by molar-refractivity contribution is 0.0586. The molecular weight excluding hydrogens is 331 g/mol. The minimum Gasteiger partial charge on any atom is -0.464 e. The number of benzene rings is 1. The van der Waals surface area contributed by atoms with Crippen LogP contribution in [0.15, 0.2) is 24.4 Å². The van der Waals surface area contributed by atoms with E-state index in [0.29, 0.717) is 20.5 Å². The van der Waals surface area contributed by atoms with E-state index >= 15 is 0 Å². The summed E-state index contributed by atoms with van der Waals surface area (Å²) >= 11 is 17.3. The highest BCUT2D eigenvalue weighted by molar-refractivity contribution is 7.71. The number of imidazole rings is 1. The van der Waals surface area contributed by atoms with E-state index in [1.165, 1.54) is 7.11 Å². The molecule has 112 valence electrons. The number of methoxy groups -OCH3 is 1. The van der Waals surface area contributed by atoms with Gasteiger partial charge in [0.2, 0.25) is 0 Å². The van der Waals surface area contributed by atoms with Crippen LogP contribution in [0.3, 0.4) is 0 Å². The van der Waals surface area contributed by atoms with Crippen molar-refractivity contribution < 1.29 is 9.53 Å². The van der Waals surface area contributed by atoms with E-state index in [1.807, 2.05) is 13.0 Å². The molecule has 1 aromatic heterocycles. The second-order valence-electron chi connectivity index (χ2n) is 4.44. The Kier molecular flexibility index (Phi) is 5.08. The number of aromatic amines is 1. The number of hydrogen-bond acceptors (Lipinski definition) is 3. The molecule has 21 heavy (non-hydrogen) atoms. The van der Waals surface area contributed by atoms with Crippen molar-refractivity contribution in [2.45, 2.75) is 19.4 Å². The van der Waals surface area contributed by atoms with Crippen LogP contribution in [0.1, 0.15) is 35.4 Å². The van der Waals surface area contributed by atoms with Gasteiger partial charge in [0.1, 0.15) is 5.69 Å². The van der Waals surface area contributed by atoms with Crippen LogP contribution in [0.5, 0.6) is 0 Å². The van der Waals surface area contributed by atoms with E-state index in [2.05, 4.69) is 4.98 Å². The van der Waals surface area contributed by atoms with Crippen molar-refractivity contribution >= 4 is 41.4 Å². The molecule has 0 unspecified atom stereocenters.